The lowest BCUT2D eigenvalue weighted by molar-refractivity contribution is 0.210. The zero-order chi connectivity index (χ0) is 13.8. The van der Waals surface area contributed by atoms with Crippen molar-refractivity contribution >= 4 is 0 Å². The molecule has 0 spiro atoms. The van der Waals surface area contributed by atoms with E-state index in [1.54, 1.807) is 0 Å². The van der Waals surface area contributed by atoms with E-state index in [4.69, 9.17) is 4.74 Å². The molecule has 1 heterocycles. The van der Waals surface area contributed by atoms with Gasteiger partial charge in [0, 0.05) is 11.5 Å². The summed E-state index contributed by atoms with van der Waals surface area (Å²) >= 11 is 0. The van der Waals surface area contributed by atoms with Crippen molar-refractivity contribution in [1.29, 1.82) is 0 Å². The molecule has 19 heavy (non-hydrogen) atoms. The quantitative estimate of drug-likeness (QED) is 0.739. The summed E-state index contributed by atoms with van der Waals surface area (Å²) in [6, 6.07) is 8.55. The number of allylic oxidation sites excluding steroid dienone is 4. The standard InChI is InChI=1S/C18H22O/c1-5-9-17-15(6-2)18(13(3)4)16-11-8-7-10-14(16)12-19-17/h5-11,13,18H,2,12H2,1,3-4H3/b9-5-. The van der Waals surface area contributed by atoms with Crippen molar-refractivity contribution < 1.29 is 4.74 Å². The van der Waals surface area contributed by atoms with Gasteiger partial charge in [-0.15, -0.1) is 0 Å². The van der Waals surface area contributed by atoms with Gasteiger partial charge in [-0.3, -0.25) is 0 Å². The largest absolute Gasteiger partial charge is 0.489 e. The lowest BCUT2D eigenvalue weighted by Crippen LogP contribution is -2.10. The van der Waals surface area contributed by atoms with E-state index >= 15 is 0 Å². The minimum Gasteiger partial charge on any atom is -0.489 e. The fourth-order valence-corrected chi connectivity index (χ4v) is 2.77. The Kier molecular flexibility index (Phi) is 4.26. The molecule has 1 heteroatoms. The Morgan fingerprint density at radius 1 is 1.32 bits per heavy atom. The average molecular weight is 254 g/mol. The maximum Gasteiger partial charge on any atom is 0.123 e. The molecule has 0 radical (unpaired) electrons. The molecule has 0 saturated heterocycles. The van der Waals surface area contributed by atoms with Crippen LogP contribution >= 0.6 is 0 Å². The molecule has 1 atom stereocenters. The van der Waals surface area contributed by atoms with Crippen LogP contribution in [0, 0.1) is 5.92 Å². The van der Waals surface area contributed by atoms with Crippen LogP contribution in [0.15, 0.2) is 60.4 Å². The topological polar surface area (TPSA) is 9.23 Å². The van der Waals surface area contributed by atoms with E-state index in [2.05, 4.69) is 44.7 Å². The molecule has 100 valence electrons. The SMILES string of the molecule is C=CC1=C(/C=C\C)OCc2ccccc2C1C(C)C. The van der Waals surface area contributed by atoms with Gasteiger partial charge >= 0.3 is 0 Å². The first-order chi connectivity index (χ1) is 9.19. The number of benzene rings is 1. The van der Waals surface area contributed by atoms with Crippen molar-refractivity contribution in [3.05, 3.63) is 71.5 Å². The Labute approximate surface area is 116 Å². The normalized spacial score (nSPS) is 19.3. The molecule has 0 bridgehead atoms. The molecular formula is C18H22O. The van der Waals surface area contributed by atoms with Crippen molar-refractivity contribution in [3.63, 3.8) is 0 Å². The summed E-state index contributed by atoms with van der Waals surface area (Å²) in [4.78, 5) is 0. The predicted octanol–water partition coefficient (Wildman–Crippen LogP) is 4.97. The Hall–Kier alpha value is -1.76. The summed E-state index contributed by atoms with van der Waals surface area (Å²) in [7, 11) is 0. The van der Waals surface area contributed by atoms with Crippen LogP contribution in [0.3, 0.4) is 0 Å². The first kappa shape index (κ1) is 13.7. The van der Waals surface area contributed by atoms with Gasteiger partial charge in [-0.25, -0.2) is 0 Å². The molecule has 0 fully saturated rings. The molecule has 1 aliphatic rings. The lowest BCUT2D eigenvalue weighted by Gasteiger charge is -2.23. The Morgan fingerprint density at radius 3 is 2.68 bits per heavy atom. The molecular weight excluding hydrogens is 232 g/mol. The Morgan fingerprint density at radius 2 is 2.05 bits per heavy atom. The summed E-state index contributed by atoms with van der Waals surface area (Å²) < 4.78 is 5.98. The third-order valence-electron chi connectivity index (χ3n) is 3.60. The van der Waals surface area contributed by atoms with Crippen molar-refractivity contribution in [2.24, 2.45) is 5.92 Å². The second-order valence-electron chi connectivity index (χ2n) is 5.23. The van der Waals surface area contributed by atoms with Crippen LogP contribution in [0.5, 0.6) is 0 Å². The van der Waals surface area contributed by atoms with Crippen LogP contribution < -0.4 is 0 Å². The van der Waals surface area contributed by atoms with Gasteiger partial charge in [0.1, 0.15) is 12.4 Å². The predicted molar refractivity (Wildman–Crippen MR) is 80.8 cm³/mol. The van der Waals surface area contributed by atoms with E-state index in [-0.39, 0.29) is 0 Å². The van der Waals surface area contributed by atoms with E-state index in [0.717, 1.165) is 5.76 Å². The summed E-state index contributed by atoms with van der Waals surface area (Å²) in [5.41, 5.74) is 3.84. The number of rotatable bonds is 3. The van der Waals surface area contributed by atoms with Crippen LogP contribution in [0.4, 0.5) is 0 Å². The summed E-state index contributed by atoms with van der Waals surface area (Å²) in [6.45, 7) is 11.1. The average Bonchev–Trinajstić information content (AvgIpc) is 2.56. The zero-order valence-electron chi connectivity index (χ0n) is 12.0. The second kappa shape index (κ2) is 5.92. The van der Waals surface area contributed by atoms with Crippen molar-refractivity contribution in [2.45, 2.75) is 33.3 Å². The highest BCUT2D eigenvalue weighted by Gasteiger charge is 2.26. The molecule has 0 amide bonds. The van der Waals surface area contributed by atoms with Gasteiger partial charge in [0.25, 0.3) is 0 Å². The van der Waals surface area contributed by atoms with E-state index < -0.39 is 0 Å². The Balaban J connectivity index is 2.61. The van der Waals surface area contributed by atoms with Crippen LogP contribution in [0.25, 0.3) is 0 Å². The van der Waals surface area contributed by atoms with Gasteiger partial charge in [-0.1, -0.05) is 56.8 Å². The van der Waals surface area contributed by atoms with E-state index in [9.17, 15) is 0 Å². The first-order valence-electron chi connectivity index (χ1n) is 6.89. The van der Waals surface area contributed by atoms with Gasteiger partial charge in [-0.2, -0.15) is 0 Å². The number of hydrogen-bond donors (Lipinski definition) is 0. The van der Waals surface area contributed by atoms with E-state index in [1.807, 2.05) is 25.2 Å². The molecule has 1 aromatic carbocycles. The highest BCUT2D eigenvalue weighted by atomic mass is 16.5. The van der Waals surface area contributed by atoms with E-state index in [0.29, 0.717) is 18.4 Å². The maximum absolute atomic E-state index is 5.98. The summed E-state index contributed by atoms with van der Waals surface area (Å²) in [6.07, 6.45) is 6.01. The monoisotopic (exact) mass is 254 g/mol. The molecule has 2 rings (SSSR count). The summed E-state index contributed by atoms with van der Waals surface area (Å²) in [5.74, 6) is 1.81. The van der Waals surface area contributed by atoms with Crippen LogP contribution in [0.1, 0.15) is 37.8 Å². The minimum absolute atomic E-state index is 0.349. The first-order valence-corrected chi connectivity index (χ1v) is 6.89. The molecule has 0 aromatic heterocycles. The van der Waals surface area contributed by atoms with Crippen molar-refractivity contribution in [1.82, 2.24) is 0 Å². The van der Waals surface area contributed by atoms with Crippen LogP contribution in [-0.4, -0.2) is 0 Å². The van der Waals surface area contributed by atoms with Crippen LogP contribution in [-0.2, 0) is 11.3 Å². The smallest absolute Gasteiger partial charge is 0.123 e. The number of hydrogen-bond acceptors (Lipinski definition) is 1. The number of fused-ring (bicyclic) bond motifs is 1. The molecule has 0 N–H and O–H groups in total. The second-order valence-corrected chi connectivity index (χ2v) is 5.23. The van der Waals surface area contributed by atoms with Crippen molar-refractivity contribution in [3.8, 4) is 0 Å². The minimum atomic E-state index is 0.349. The molecule has 0 aliphatic carbocycles. The number of ether oxygens (including phenoxy) is 1. The molecule has 1 aliphatic heterocycles. The molecule has 0 saturated carbocycles. The molecule has 1 unspecified atom stereocenters. The highest BCUT2D eigenvalue weighted by Crippen LogP contribution is 2.39. The van der Waals surface area contributed by atoms with Gasteiger partial charge in [-0.05, 0) is 30.0 Å². The van der Waals surface area contributed by atoms with Gasteiger partial charge in [0.05, 0.1) is 0 Å². The fourth-order valence-electron chi connectivity index (χ4n) is 2.77. The lowest BCUT2D eigenvalue weighted by atomic mass is 9.80. The fraction of sp³-hybridized carbons (Fsp3) is 0.333. The third-order valence-corrected chi connectivity index (χ3v) is 3.60. The zero-order valence-corrected chi connectivity index (χ0v) is 12.0. The third kappa shape index (κ3) is 2.65. The van der Waals surface area contributed by atoms with Gasteiger partial charge < -0.3 is 4.74 Å². The molecule has 1 aromatic rings. The highest BCUT2D eigenvalue weighted by molar-refractivity contribution is 5.44. The maximum atomic E-state index is 5.98. The van der Waals surface area contributed by atoms with Crippen molar-refractivity contribution in [2.75, 3.05) is 0 Å². The van der Waals surface area contributed by atoms with Crippen LogP contribution in [0.2, 0.25) is 0 Å². The summed E-state index contributed by atoms with van der Waals surface area (Å²) in [5, 5.41) is 0. The Bertz CT molecular complexity index is 520. The van der Waals surface area contributed by atoms with E-state index in [1.165, 1.54) is 16.7 Å². The van der Waals surface area contributed by atoms with Gasteiger partial charge in [0.2, 0.25) is 0 Å². The molecule has 1 nitrogen and oxygen atoms in total. The van der Waals surface area contributed by atoms with Gasteiger partial charge in [0.15, 0.2) is 0 Å².